The zero-order valence-electron chi connectivity index (χ0n) is 18.1. The van der Waals surface area contributed by atoms with Crippen molar-refractivity contribution in [2.75, 3.05) is 6.61 Å². The normalized spacial score (nSPS) is 11.6. The third-order valence-corrected chi connectivity index (χ3v) is 6.07. The maximum absolute atomic E-state index is 12.2. The molecule has 4 heteroatoms. The number of hydrogen-bond acceptors (Lipinski definition) is 3. The second kappa shape index (κ2) is 17.5. The van der Waals surface area contributed by atoms with Crippen LogP contribution in [0.5, 0.6) is 0 Å². The van der Waals surface area contributed by atoms with Crippen LogP contribution in [0.3, 0.4) is 0 Å². The van der Waals surface area contributed by atoms with Gasteiger partial charge in [0.15, 0.2) is 0 Å². The highest BCUT2D eigenvalue weighted by atomic mass is 35.5. The average molecular weight is 403 g/mol. The van der Waals surface area contributed by atoms with Gasteiger partial charge in [0.2, 0.25) is 5.24 Å². The fraction of sp³-hybridized carbons (Fsp3) is 0.913. The van der Waals surface area contributed by atoms with E-state index in [0.717, 1.165) is 12.8 Å². The number of esters is 1. The number of rotatable bonds is 19. The number of unbranched alkanes of at least 4 members (excludes halogenated alkanes) is 13. The molecule has 0 aromatic rings. The lowest BCUT2D eigenvalue weighted by Crippen LogP contribution is -2.37. The van der Waals surface area contributed by atoms with Crippen LogP contribution >= 0.6 is 11.6 Å². The summed E-state index contributed by atoms with van der Waals surface area (Å²) < 4.78 is 5.31. The van der Waals surface area contributed by atoms with Crippen molar-refractivity contribution in [1.82, 2.24) is 0 Å². The average Bonchev–Trinajstić information content (AvgIpc) is 2.66. The molecule has 27 heavy (non-hydrogen) atoms. The third kappa shape index (κ3) is 11.8. The molecule has 0 aliphatic rings. The number of halogens is 1. The van der Waals surface area contributed by atoms with Crippen molar-refractivity contribution in [2.24, 2.45) is 5.41 Å². The van der Waals surface area contributed by atoms with Crippen molar-refractivity contribution in [3.8, 4) is 0 Å². The molecule has 0 fully saturated rings. The van der Waals surface area contributed by atoms with Crippen LogP contribution in [-0.4, -0.2) is 17.8 Å². The van der Waals surface area contributed by atoms with Crippen LogP contribution < -0.4 is 0 Å². The summed E-state index contributed by atoms with van der Waals surface area (Å²) in [5.74, 6) is -0.456. The Hall–Kier alpha value is -0.570. The molecule has 160 valence electrons. The van der Waals surface area contributed by atoms with E-state index in [-0.39, 0.29) is 0 Å². The maximum Gasteiger partial charge on any atom is 0.320 e. The first-order valence-corrected chi connectivity index (χ1v) is 11.8. The van der Waals surface area contributed by atoms with E-state index in [4.69, 9.17) is 16.3 Å². The van der Waals surface area contributed by atoms with Gasteiger partial charge in [0.25, 0.3) is 0 Å². The van der Waals surface area contributed by atoms with Crippen LogP contribution in [0.1, 0.15) is 124 Å². The molecule has 0 rings (SSSR count). The van der Waals surface area contributed by atoms with E-state index >= 15 is 0 Å². The molecule has 0 saturated carbocycles. The first-order chi connectivity index (χ1) is 13.0. The SMILES string of the molecule is CCCCCCCCCCCCCCCCOC(=O)C(CC)(CC)C(=O)Cl. The summed E-state index contributed by atoms with van der Waals surface area (Å²) in [6.45, 7) is 6.26. The maximum atomic E-state index is 12.2. The van der Waals surface area contributed by atoms with Gasteiger partial charge in [-0.3, -0.25) is 9.59 Å². The molecule has 0 aromatic heterocycles. The van der Waals surface area contributed by atoms with Crippen molar-refractivity contribution < 1.29 is 14.3 Å². The molecule has 0 unspecified atom stereocenters. The van der Waals surface area contributed by atoms with E-state index < -0.39 is 16.6 Å². The Morgan fingerprint density at radius 3 is 1.37 bits per heavy atom. The fourth-order valence-corrected chi connectivity index (χ4v) is 3.84. The van der Waals surface area contributed by atoms with Crippen molar-refractivity contribution in [3.63, 3.8) is 0 Å². The smallest absolute Gasteiger partial charge is 0.320 e. The van der Waals surface area contributed by atoms with Gasteiger partial charge in [-0.05, 0) is 30.9 Å². The Morgan fingerprint density at radius 2 is 1.04 bits per heavy atom. The van der Waals surface area contributed by atoms with Gasteiger partial charge in [-0.1, -0.05) is 104 Å². The van der Waals surface area contributed by atoms with Gasteiger partial charge in [0.05, 0.1) is 6.61 Å². The number of ether oxygens (including phenoxy) is 1. The van der Waals surface area contributed by atoms with Crippen molar-refractivity contribution in [3.05, 3.63) is 0 Å². The van der Waals surface area contributed by atoms with Crippen molar-refractivity contribution in [1.29, 1.82) is 0 Å². The van der Waals surface area contributed by atoms with Gasteiger partial charge in [0, 0.05) is 0 Å². The highest BCUT2D eigenvalue weighted by molar-refractivity contribution is 6.66. The zero-order valence-corrected chi connectivity index (χ0v) is 18.9. The van der Waals surface area contributed by atoms with Crippen LogP contribution in [0.2, 0.25) is 0 Å². The summed E-state index contributed by atoms with van der Waals surface area (Å²) in [7, 11) is 0. The molecular formula is C23H43ClO3. The minimum Gasteiger partial charge on any atom is -0.465 e. The first-order valence-electron chi connectivity index (χ1n) is 11.4. The molecule has 0 aliphatic carbocycles. The third-order valence-electron chi connectivity index (χ3n) is 5.71. The monoisotopic (exact) mass is 402 g/mol. The highest BCUT2D eigenvalue weighted by Gasteiger charge is 2.43. The van der Waals surface area contributed by atoms with E-state index in [1.807, 2.05) is 0 Å². The number of carbonyl (C=O) groups is 2. The number of hydrogen-bond donors (Lipinski definition) is 0. The van der Waals surface area contributed by atoms with Gasteiger partial charge in [-0.25, -0.2) is 0 Å². The van der Waals surface area contributed by atoms with Crippen LogP contribution in [0.15, 0.2) is 0 Å². The van der Waals surface area contributed by atoms with Gasteiger partial charge in [0.1, 0.15) is 5.41 Å². The first kappa shape index (κ1) is 26.4. The molecule has 0 aromatic carbocycles. The molecule has 0 radical (unpaired) electrons. The highest BCUT2D eigenvalue weighted by Crippen LogP contribution is 2.31. The topological polar surface area (TPSA) is 43.4 Å². The van der Waals surface area contributed by atoms with Gasteiger partial charge < -0.3 is 4.74 Å². The summed E-state index contributed by atoms with van der Waals surface area (Å²) in [5, 5.41) is -0.599. The Bertz CT molecular complexity index is 378. The van der Waals surface area contributed by atoms with E-state index in [1.165, 1.54) is 77.0 Å². The molecular weight excluding hydrogens is 360 g/mol. The fourth-order valence-electron chi connectivity index (χ4n) is 3.50. The summed E-state index contributed by atoms with van der Waals surface area (Å²) in [5.41, 5.74) is -1.16. The summed E-state index contributed by atoms with van der Waals surface area (Å²) in [4.78, 5) is 23.8. The van der Waals surface area contributed by atoms with Crippen molar-refractivity contribution in [2.45, 2.75) is 124 Å². The van der Waals surface area contributed by atoms with Gasteiger partial charge in [-0.15, -0.1) is 0 Å². The predicted molar refractivity (Wildman–Crippen MR) is 115 cm³/mol. The predicted octanol–water partition coefficient (Wildman–Crippen LogP) is 7.58. The van der Waals surface area contributed by atoms with Crippen molar-refractivity contribution >= 4 is 22.8 Å². The molecule has 0 aliphatic heterocycles. The van der Waals surface area contributed by atoms with Crippen LogP contribution in [-0.2, 0) is 14.3 Å². The lowest BCUT2D eigenvalue weighted by molar-refractivity contribution is -0.159. The standard InChI is InChI=1S/C23H43ClO3/c1-4-7-8-9-10-11-12-13-14-15-16-17-18-19-20-27-22(26)23(5-2,6-3)21(24)25/h4-20H2,1-3H3. The minimum absolute atomic E-state index is 0.392. The Kier molecular flexibility index (Phi) is 17.2. The van der Waals surface area contributed by atoms with E-state index in [1.54, 1.807) is 13.8 Å². The van der Waals surface area contributed by atoms with Crippen LogP contribution in [0, 0.1) is 5.41 Å². The lowest BCUT2D eigenvalue weighted by Gasteiger charge is -2.24. The Balaban J connectivity index is 3.50. The quantitative estimate of drug-likeness (QED) is 0.0967. The molecule has 0 atom stereocenters. The second-order valence-corrected chi connectivity index (χ2v) is 8.14. The zero-order chi connectivity index (χ0) is 20.4. The Labute approximate surface area is 173 Å². The largest absolute Gasteiger partial charge is 0.465 e. The minimum atomic E-state index is -1.16. The Morgan fingerprint density at radius 1 is 0.667 bits per heavy atom. The molecule has 0 heterocycles. The summed E-state index contributed by atoms with van der Waals surface area (Å²) >= 11 is 5.63. The second-order valence-electron chi connectivity index (χ2n) is 7.80. The molecule has 0 N–H and O–H groups in total. The lowest BCUT2D eigenvalue weighted by atomic mass is 9.84. The number of carbonyl (C=O) groups excluding carboxylic acids is 2. The van der Waals surface area contributed by atoms with E-state index in [9.17, 15) is 9.59 Å². The van der Waals surface area contributed by atoms with Gasteiger partial charge in [-0.2, -0.15) is 0 Å². The molecule has 3 nitrogen and oxygen atoms in total. The molecule has 0 amide bonds. The summed E-state index contributed by atoms with van der Waals surface area (Å²) in [6.07, 6.45) is 18.9. The summed E-state index contributed by atoms with van der Waals surface area (Å²) in [6, 6.07) is 0. The molecule has 0 bridgehead atoms. The van der Waals surface area contributed by atoms with Gasteiger partial charge >= 0.3 is 5.97 Å². The van der Waals surface area contributed by atoms with Crippen LogP contribution in [0.25, 0.3) is 0 Å². The molecule has 0 saturated heterocycles. The van der Waals surface area contributed by atoms with Crippen LogP contribution in [0.4, 0.5) is 0 Å². The van der Waals surface area contributed by atoms with E-state index in [0.29, 0.717) is 19.4 Å². The molecule has 0 spiro atoms. The van der Waals surface area contributed by atoms with E-state index in [2.05, 4.69) is 6.92 Å².